The number of hydrogen-bond acceptors (Lipinski definition) is 8. The molecule has 154 valence electrons. The predicted molar refractivity (Wildman–Crippen MR) is 102 cm³/mol. The molecule has 2 aromatic heterocycles. The zero-order valence-electron chi connectivity index (χ0n) is 16.0. The number of esters is 1. The highest BCUT2D eigenvalue weighted by Crippen LogP contribution is 2.18. The van der Waals surface area contributed by atoms with Crippen molar-refractivity contribution in [1.82, 2.24) is 14.9 Å². The minimum Gasteiger partial charge on any atom is -0.459 e. The van der Waals surface area contributed by atoms with Gasteiger partial charge in [-0.3, -0.25) is 4.79 Å². The van der Waals surface area contributed by atoms with Crippen LogP contribution in [0.15, 0.2) is 56.4 Å². The lowest BCUT2D eigenvalue weighted by atomic mass is 10.0. The molecule has 0 saturated carbocycles. The van der Waals surface area contributed by atoms with Crippen LogP contribution in [0.1, 0.15) is 37.6 Å². The van der Waals surface area contributed by atoms with E-state index in [4.69, 9.17) is 13.6 Å². The highest BCUT2D eigenvalue weighted by atomic mass is 32.2. The second-order valence-corrected chi connectivity index (χ2v) is 8.28. The summed E-state index contributed by atoms with van der Waals surface area (Å²) in [4.78, 5) is 12.0. The van der Waals surface area contributed by atoms with Gasteiger partial charge in [-0.1, -0.05) is 26.0 Å². The minimum absolute atomic E-state index is 0.0887. The Morgan fingerprint density at radius 2 is 1.93 bits per heavy atom. The van der Waals surface area contributed by atoms with E-state index in [-0.39, 0.29) is 36.2 Å². The monoisotopic (exact) mass is 419 g/mol. The molecular weight excluding hydrogens is 398 g/mol. The second-order valence-electron chi connectivity index (χ2n) is 6.51. The van der Waals surface area contributed by atoms with Gasteiger partial charge in [-0.15, -0.1) is 10.2 Å². The van der Waals surface area contributed by atoms with Crippen molar-refractivity contribution in [3.63, 3.8) is 0 Å². The van der Waals surface area contributed by atoms with Gasteiger partial charge in [-0.2, -0.15) is 0 Å². The van der Waals surface area contributed by atoms with Gasteiger partial charge in [0.25, 0.3) is 11.8 Å². The number of benzene rings is 1. The normalized spacial score (nSPS) is 11.7. The Labute approximate surface area is 168 Å². The number of sulfonamides is 1. The van der Waals surface area contributed by atoms with Crippen LogP contribution in [0.2, 0.25) is 0 Å². The molecule has 0 aliphatic heterocycles. The molecule has 0 unspecified atom stereocenters. The molecule has 0 saturated heterocycles. The van der Waals surface area contributed by atoms with Crippen molar-refractivity contribution in [2.45, 2.75) is 37.7 Å². The Morgan fingerprint density at radius 3 is 2.59 bits per heavy atom. The number of carbonyl (C=O) groups excluding carboxylic acids is 1. The standard InChI is InChI=1S/C19H21N3O6S/c1-13(2)14-5-7-15(8-6-14)29(24,25)20-10-9-18(23)27-12-17-21-22-19(28-17)16-4-3-11-26-16/h3-8,11,13,20H,9-10,12H2,1-2H3. The van der Waals surface area contributed by atoms with Crippen LogP contribution in [0.25, 0.3) is 11.7 Å². The molecule has 0 aliphatic carbocycles. The maximum Gasteiger partial charge on any atom is 0.307 e. The summed E-state index contributed by atoms with van der Waals surface area (Å²) in [5, 5.41) is 7.55. The molecule has 0 aliphatic rings. The molecule has 1 aromatic carbocycles. The van der Waals surface area contributed by atoms with E-state index in [1.165, 1.54) is 6.26 Å². The van der Waals surface area contributed by atoms with Crippen molar-refractivity contribution < 1.29 is 26.8 Å². The molecule has 0 amide bonds. The van der Waals surface area contributed by atoms with Crippen LogP contribution in [0.4, 0.5) is 0 Å². The summed E-state index contributed by atoms with van der Waals surface area (Å²) in [5.41, 5.74) is 1.05. The van der Waals surface area contributed by atoms with E-state index >= 15 is 0 Å². The van der Waals surface area contributed by atoms with E-state index in [9.17, 15) is 13.2 Å². The Balaban J connectivity index is 1.44. The molecule has 0 spiro atoms. The molecule has 10 heteroatoms. The zero-order chi connectivity index (χ0) is 20.9. The van der Waals surface area contributed by atoms with E-state index < -0.39 is 16.0 Å². The fraction of sp³-hybridized carbons (Fsp3) is 0.316. The van der Waals surface area contributed by atoms with Crippen LogP contribution in [-0.4, -0.2) is 31.1 Å². The van der Waals surface area contributed by atoms with Crippen molar-refractivity contribution in [2.24, 2.45) is 0 Å². The SMILES string of the molecule is CC(C)c1ccc(S(=O)(=O)NCCC(=O)OCc2nnc(-c3ccco3)o2)cc1. The lowest BCUT2D eigenvalue weighted by molar-refractivity contribution is -0.145. The lowest BCUT2D eigenvalue weighted by Gasteiger charge is -2.09. The number of furan rings is 1. The smallest absolute Gasteiger partial charge is 0.307 e. The van der Waals surface area contributed by atoms with Gasteiger partial charge in [-0.25, -0.2) is 13.1 Å². The third-order valence-corrected chi connectivity index (χ3v) is 5.51. The number of nitrogens with zero attached hydrogens (tertiary/aromatic N) is 2. The first-order valence-corrected chi connectivity index (χ1v) is 10.4. The summed E-state index contributed by atoms with van der Waals surface area (Å²) in [7, 11) is -3.70. The molecule has 0 fully saturated rings. The summed E-state index contributed by atoms with van der Waals surface area (Å²) in [6.07, 6.45) is 1.33. The van der Waals surface area contributed by atoms with Crippen LogP contribution in [-0.2, 0) is 26.2 Å². The van der Waals surface area contributed by atoms with Gasteiger partial charge >= 0.3 is 5.97 Å². The first-order valence-electron chi connectivity index (χ1n) is 8.96. The van der Waals surface area contributed by atoms with Gasteiger partial charge in [-0.05, 0) is 35.7 Å². The largest absolute Gasteiger partial charge is 0.459 e. The molecule has 29 heavy (non-hydrogen) atoms. The topological polar surface area (TPSA) is 125 Å². The summed E-state index contributed by atoms with van der Waals surface area (Å²) < 4.78 is 42.4. The maximum atomic E-state index is 12.3. The van der Waals surface area contributed by atoms with Crippen LogP contribution < -0.4 is 4.72 Å². The number of ether oxygens (including phenoxy) is 1. The maximum absolute atomic E-state index is 12.3. The quantitative estimate of drug-likeness (QED) is 0.525. The number of nitrogens with one attached hydrogen (secondary N) is 1. The predicted octanol–water partition coefficient (Wildman–Crippen LogP) is 2.86. The highest BCUT2D eigenvalue weighted by Gasteiger charge is 2.16. The van der Waals surface area contributed by atoms with Crippen LogP contribution in [0.5, 0.6) is 0 Å². The fourth-order valence-corrected chi connectivity index (χ4v) is 3.46. The third kappa shape index (κ3) is 5.52. The number of carbonyl (C=O) groups is 1. The molecule has 3 rings (SSSR count). The van der Waals surface area contributed by atoms with Crippen molar-refractivity contribution in [2.75, 3.05) is 6.54 Å². The number of aromatic nitrogens is 2. The van der Waals surface area contributed by atoms with Crippen LogP contribution in [0.3, 0.4) is 0 Å². The van der Waals surface area contributed by atoms with E-state index in [0.717, 1.165) is 5.56 Å². The van der Waals surface area contributed by atoms with Crippen LogP contribution >= 0.6 is 0 Å². The van der Waals surface area contributed by atoms with Gasteiger partial charge in [0.1, 0.15) is 0 Å². The van der Waals surface area contributed by atoms with Gasteiger partial charge in [0.15, 0.2) is 12.4 Å². The molecule has 0 bridgehead atoms. The van der Waals surface area contributed by atoms with E-state index in [0.29, 0.717) is 11.7 Å². The number of hydrogen-bond donors (Lipinski definition) is 1. The van der Waals surface area contributed by atoms with Gasteiger partial charge in [0.05, 0.1) is 17.6 Å². The highest BCUT2D eigenvalue weighted by molar-refractivity contribution is 7.89. The average molecular weight is 419 g/mol. The van der Waals surface area contributed by atoms with Crippen molar-refractivity contribution in [3.05, 3.63) is 54.1 Å². The van der Waals surface area contributed by atoms with E-state index in [1.807, 2.05) is 13.8 Å². The summed E-state index contributed by atoms with van der Waals surface area (Å²) in [6.45, 7) is 3.75. The van der Waals surface area contributed by atoms with Crippen molar-refractivity contribution in [1.29, 1.82) is 0 Å². The first kappa shape index (κ1) is 20.7. The lowest BCUT2D eigenvalue weighted by Crippen LogP contribution is -2.26. The zero-order valence-corrected chi connectivity index (χ0v) is 16.8. The summed E-state index contributed by atoms with van der Waals surface area (Å²) >= 11 is 0. The molecular formula is C19H21N3O6S. The van der Waals surface area contributed by atoms with Crippen LogP contribution in [0, 0.1) is 0 Å². The first-order chi connectivity index (χ1) is 13.8. The van der Waals surface area contributed by atoms with E-state index in [2.05, 4.69) is 14.9 Å². The molecule has 3 aromatic rings. The van der Waals surface area contributed by atoms with Gasteiger partial charge in [0, 0.05) is 6.54 Å². The Bertz CT molecular complexity index is 1040. The van der Waals surface area contributed by atoms with Gasteiger partial charge in [0.2, 0.25) is 10.0 Å². The van der Waals surface area contributed by atoms with Gasteiger partial charge < -0.3 is 13.6 Å². The van der Waals surface area contributed by atoms with E-state index in [1.54, 1.807) is 36.4 Å². The minimum atomic E-state index is -3.70. The average Bonchev–Trinajstić information content (AvgIpc) is 3.38. The summed E-state index contributed by atoms with van der Waals surface area (Å²) in [6, 6.07) is 9.97. The Morgan fingerprint density at radius 1 is 1.17 bits per heavy atom. The second kappa shape index (κ2) is 9.01. The molecule has 0 radical (unpaired) electrons. The van der Waals surface area contributed by atoms with Crippen molar-refractivity contribution >= 4 is 16.0 Å². The molecule has 1 N–H and O–H groups in total. The summed E-state index contributed by atoms with van der Waals surface area (Å²) in [5.74, 6) is 0.405. The molecule has 0 atom stereocenters. The Hall–Kier alpha value is -2.98. The fourth-order valence-electron chi connectivity index (χ4n) is 2.43. The van der Waals surface area contributed by atoms with Crippen molar-refractivity contribution in [3.8, 4) is 11.7 Å². The number of rotatable bonds is 9. The third-order valence-electron chi connectivity index (χ3n) is 4.03. The molecule has 9 nitrogen and oxygen atoms in total. The Kier molecular flexibility index (Phi) is 6.45. The molecule has 2 heterocycles.